The Labute approximate surface area is 682 Å². The Morgan fingerprint density at radius 1 is 0.145 bits per heavy atom. The average molecular weight is 1550 g/mol. The van der Waals surface area contributed by atoms with Gasteiger partial charge in [0, 0.05) is 52.4 Å². The van der Waals surface area contributed by atoms with Crippen molar-refractivity contribution >= 4 is 35.4 Å². The molecule has 0 heterocycles. The highest BCUT2D eigenvalue weighted by Crippen LogP contribution is 2.17. The van der Waals surface area contributed by atoms with E-state index < -0.39 is 0 Å². The molecule has 650 valence electrons. The predicted molar refractivity (Wildman–Crippen MR) is 473 cm³/mol. The largest absolute Gasteiger partial charge is 0.355 e. The molecule has 0 radical (unpaired) electrons. The van der Waals surface area contributed by atoms with Crippen molar-refractivity contribution < 1.29 is 28.8 Å². The van der Waals surface area contributed by atoms with Crippen molar-refractivity contribution in [1.29, 1.82) is 0 Å². The van der Waals surface area contributed by atoms with Crippen LogP contribution in [0.2, 0.25) is 0 Å². The Morgan fingerprint density at radius 2 is 0.264 bits per heavy atom. The van der Waals surface area contributed by atoms with Crippen molar-refractivity contribution in [2.75, 3.05) is 118 Å². The maximum atomic E-state index is 13.9. The fraction of sp³-hybridized carbons (Fsp3) is 0.936. The molecule has 0 aliphatic heterocycles. The van der Waals surface area contributed by atoms with E-state index in [1.807, 2.05) is 9.80 Å². The number of carbonyl (C=O) groups excluding carboxylic acids is 6. The topological polar surface area (TPSA) is 188 Å². The minimum Gasteiger partial charge on any atom is -0.355 e. The van der Waals surface area contributed by atoms with Gasteiger partial charge in [0.05, 0.1) is 39.3 Å². The molecule has 0 spiro atoms. The summed E-state index contributed by atoms with van der Waals surface area (Å²) in [7, 11) is 0. The molecule has 0 saturated heterocycles. The summed E-state index contributed by atoms with van der Waals surface area (Å²) in [5, 5.41) is 19.3. The van der Waals surface area contributed by atoms with Crippen LogP contribution in [0.3, 0.4) is 0 Å². The van der Waals surface area contributed by atoms with Crippen molar-refractivity contribution in [2.24, 2.45) is 0 Å². The van der Waals surface area contributed by atoms with Gasteiger partial charge in [0.15, 0.2) is 0 Å². The second-order valence-corrected chi connectivity index (χ2v) is 33.6. The second kappa shape index (κ2) is 88.0. The first-order valence-electron chi connectivity index (χ1n) is 48.5. The van der Waals surface area contributed by atoms with Crippen molar-refractivity contribution in [3.63, 3.8) is 0 Å². The van der Waals surface area contributed by atoms with Gasteiger partial charge in [-0.2, -0.15) is 0 Å². The molecule has 0 unspecified atom stereocenters. The summed E-state index contributed by atoms with van der Waals surface area (Å²) in [5.41, 5.74) is 0. The van der Waals surface area contributed by atoms with Gasteiger partial charge in [-0.1, -0.05) is 388 Å². The third-order valence-electron chi connectivity index (χ3n) is 22.4. The molecule has 0 rings (SSSR count). The third-order valence-corrected chi connectivity index (χ3v) is 22.4. The highest BCUT2D eigenvalue weighted by atomic mass is 16.2. The molecule has 16 nitrogen and oxygen atoms in total. The van der Waals surface area contributed by atoms with Gasteiger partial charge in [-0.3, -0.25) is 48.4 Å². The zero-order valence-corrected chi connectivity index (χ0v) is 74.2. The van der Waals surface area contributed by atoms with Gasteiger partial charge >= 0.3 is 0 Å². The molecular weight excluding hydrogens is 1370 g/mol. The van der Waals surface area contributed by atoms with Gasteiger partial charge in [0.1, 0.15) is 0 Å². The third kappa shape index (κ3) is 81.2. The number of amides is 6. The quantitative estimate of drug-likeness (QED) is 0.0320. The van der Waals surface area contributed by atoms with Crippen LogP contribution in [0.15, 0.2) is 0 Å². The van der Waals surface area contributed by atoms with E-state index in [0.717, 1.165) is 89.9 Å². The molecule has 6 N–H and O–H groups in total. The predicted octanol–water partition coefficient (Wildman–Crippen LogP) is 22.0. The van der Waals surface area contributed by atoms with E-state index in [1.54, 1.807) is 0 Å². The van der Waals surface area contributed by atoms with Crippen LogP contribution in [0.1, 0.15) is 452 Å². The molecule has 0 bridgehead atoms. The summed E-state index contributed by atoms with van der Waals surface area (Å²) >= 11 is 0. The molecule has 16 heteroatoms. The molecule has 0 aliphatic carbocycles. The fourth-order valence-corrected chi connectivity index (χ4v) is 15.3. The smallest absolute Gasteiger partial charge is 0.234 e. The summed E-state index contributed by atoms with van der Waals surface area (Å²) in [6, 6.07) is 0. The first kappa shape index (κ1) is 107. The highest BCUT2D eigenvalue weighted by Gasteiger charge is 2.20. The molecular formula is C94H188N10O6. The Morgan fingerprint density at radius 3 is 0.418 bits per heavy atom. The van der Waals surface area contributed by atoms with Gasteiger partial charge in [0.2, 0.25) is 35.4 Å². The van der Waals surface area contributed by atoms with Crippen molar-refractivity contribution in [2.45, 2.75) is 452 Å². The number of rotatable bonds is 91. The molecule has 0 saturated carbocycles. The Hall–Kier alpha value is -3.34. The van der Waals surface area contributed by atoms with E-state index >= 15 is 0 Å². The van der Waals surface area contributed by atoms with Crippen LogP contribution in [0, 0.1) is 0 Å². The zero-order valence-electron chi connectivity index (χ0n) is 74.2. The van der Waals surface area contributed by atoms with Gasteiger partial charge in [-0.05, 0) is 90.4 Å². The van der Waals surface area contributed by atoms with Crippen LogP contribution < -0.4 is 31.9 Å². The Balaban J connectivity index is 6.45. The lowest BCUT2D eigenvalue weighted by Gasteiger charge is -2.27. The van der Waals surface area contributed by atoms with Crippen LogP contribution in [-0.4, -0.2) is 173 Å². The summed E-state index contributed by atoms with van der Waals surface area (Å²) in [5.74, 6) is -0.121. The maximum absolute atomic E-state index is 13.9. The van der Waals surface area contributed by atoms with E-state index in [4.69, 9.17) is 0 Å². The van der Waals surface area contributed by atoms with E-state index in [-0.39, 0.29) is 74.7 Å². The lowest BCUT2D eigenvalue weighted by atomic mass is 10.1. The molecule has 0 aromatic heterocycles. The molecule has 0 atom stereocenters. The fourth-order valence-electron chi connectivity index (χ4n) is 15.3. The summed E-state index contributed by atoms with van der Waals surface area (Å²) in [4.78, 5) is 90.9. The van der Waals surface area contributed by atoms with Gasteiger partial charge in [-0.15, -0.1) is 0 Å². The SMILES string of the molecule is CCCCCCCCCCCCNC(=O)CN(CCCCN(CCCN(CC(=O)NCCCCCCCCCCCC)CC(=O)NCCCCCCCCCCCC)CC(=O)NCCCCCCCCCCCC)CCCN(CC(=O)NCCCCCCCCCCCC)CC(=O)NCCCCCCCCCCCC. The Kier molecular flexibility index (Phi) is 85.4. The van der Waals surface area contributed by atoms with Crippen LogP contribution >= 0.6 is 0 Å². The molecule has 0 aromatic rings. The standard InChI is InChI=1S/C94H188N10O6/c1-7-13-19-25-31-37-43-49-55-61-71-95-89(105)83-101(79-69-81-103(85-91(107)97-73-63-57-51-45-39-33-27-21-15-9-3)86-92(108)98-74-64-58-52-46-40-34-28-22-16-10-4)77-67-68-78-102(84-90(106)96-72-62-56-50-44-38-32-26-20-14-8-2)80-70-82-104(87-93(109)99-75-65-59-53-47-41-35-29-23-17-11-5)88-94(110)100-76-66-60-54-48-42-36-30-24-18-12-6/h7-88H2,1-6H3,(H,95,105)(H,96,106)(H,97,107)(H,98,108)(H,99,109)(H,100,110). The summed E-state index contributed by atoms with van der Waals surface area (Å²) in [6.07, 6.45) is 77.5. The first-order valence-corrected chi connectivity index (χ1v) is 48.5. The monoisotopic (exact) mass is 1550 g/mol. The zero-order chi connectivity index (χ0) is 80.0. The first-order chi connectivity index (χ1) is 54.0. The minimum absolute atomic E-state index is 0.0284. The normalized spacial score (nSPS) is 11.6. The maximum Gasteiger partial charge on any atom is 0.234 e. The van der Waals surface area contributed by atoms with Crippen LogP contribution in [0.5, 0.6) is 0 Å². The number of unbranched alkanes of at least 4 members (excludes halogenated alkanes) is 55. The lowest BCUT2D eigenvalue weighted by molar-refractivity contribution is -0.126. The molecule has 110 heavy (non-hydrogen) atoms. The minimum atomic E-state index is -0.0445. The second-order valence-electron chi connectivity index (χ2n) is 33.6. The van der Waals surface area contributed by atoms with Gasteiger partial charge in [-0.25, -0.2) is 0 Å². The molecule has 0 aromatic carbocycles. The lowest BCUT2D eigenvalue weighted by Crippen LogP contribution is -2.45. The summed E-state index contributed by atoms with van der Waals surface area (Å²) in [6.45, 7) is 22.5. The van der Waals surface area contributed by atoms with E-state index in [2.05, 4.69) is 83.2 Å². The molecule has 0 fully saturated rings. The van der Waals surface area contributed by atoms with Gasteiger partial charge < -0.3 is 31.9 Å². The van der Waals surface area contributed by atoms with Gasteiger partial charge in [0.25, 0.3) is 0 Å². The van der Waals surface area contributed by atoms with Crippen molar-refractivity contribution in [3.05, 3.63) is 0 Å². The van der Waals surface area contributed by atoms with E-state index in [0.29, 0.717) is 91.4 Å². The van der Waals surface area contributed by atoms with Crippen LogP contribution in [0.25, 0.3) is 0 Å². The number of hydrogen-bond acceptors (Lipinski definition) is 10. The van der Waals surface area contributed by atoms with Crippen LogP contribution in [0.4, 0.5) is 0 Å². The van der Waals surface area contributed by atoms with Crippen molar-refractivity contribution in [3.8, 4) is 0 Å². The van der Waals surface area contributed by atoms with E-state index in [1.165, 1.54) is 308 Å². The van der Waals surface area contributed by atoms with Crippen LogP contribution in [-0.2, 0) is 28.8 Å². The van der Waals surface area contributed by atoms with E-state index in [9.17, 15) is 28.8 Å². The number of nitrogens with one attached hydrogen (secondary N) is 6. The number of carbonyl (C=O) groups is 6. The number of hydrogen-bond donors (Lipinski definition) is 6. The van der Waals surface area contributed by atoms with Crippen molar-refractivity contribution in [1.82, 2.24) is 51.5 Å². The average Bonchev–Trinajstić information content (AvgIpc) is 0.935. The highest BCUT2D eigenvalue weighted by molar-refractivity contribution is 5.82. The Bertz CT molecular complexity index is 1770. The summed E-state index contributed by atoms with van der Waals surface area (Å²) < 4.78 is 0. The molecule has 6 amide bonds. The molecule has 0 aliphatic rings. The number of nitrogens with zero attached hydrogens (tertiary/aromatic N) is 4.